The van der Waals surface area contributed by atoms with Gasteiger partial charge in [0.2, 0.25) is 35.4 Å². The summed E-state index contributed by atoms with van der Waals surface area (Å²) in [6, 6.07) is 3.19. The first kappa shape index (κ1) is 43.9. The molecule has 4 aliphatic rings. The molecule has 0 saturated carbocycles. The Morgan fingerprint density at radius 3 is 2.05 bits per heavy atom. The lowest BCUT2D eigenvalue weighted by Crippen LogP contribution is -2.61. The predicted octanol–water partition coefficient (Wildman–Crippen LogP) is 2.75. The van der Waals surface area contributed by atoms with Gasteiger partial charge in [-0.05, 0) is 56.9 Å². The van der Waals surface area contributed by atoms with Gasteiger partial charge in [0, 0.05) is 25.3 Å². The third-order valence-corrected chi connectivity index (χ3v) is 13.0. The zero-order valence-electron chi connectivity index (χ0n) is 34.3. The number of benzene rings is 1. The van der Waals surface area contributed by atoms with E-state index < -0.39 is 59.6 Å². The van der Waals surface area contributed by atoms with Crippen molar-refractivity contribution in [1.82, 2.24) is 31.1 Å². The molecule has 4 heterocycles. The van der Waals surface area contributed by atoms with Gasteiger partial charge in [0.1, 0.15) is 36.3 Å². The molecule has 15 heteroatoms. The number of aliphatic imine (C=N–C) groups is 1. The molecule has 5 rings (SSSR count). The van der Waals surface area contributed by atoms with Crippen LogP contribution in [0.3, 0.4) is 0 Å². The maximum Gasteiger partial charge on any atom is 0.246 e. The Labute approximate surface area is 341 Å². The second kappa shape index (κ2) is 19.5. The van der Waals surface area contributed by atoms with Gasteiger partial charge in [-0.3, -0.25) is 33.8 Å². The van der Waals surface area contributed by atoms with Gasteiger partial charge in [-0.2, -0.15) is 0 Å². The van der Waals surface area contributed by atoms with Gasteiger partial charge in [-0.1, -0.05) is 76.9 Å². The highest BCUT2D eigenvalue weighted by Gasteiger charge is 2.44. The van der Waals surface area contributed by atoms with Gasteiger partial charge in [0.05, 0.1) is 23.3 Å². The number of amides is 6. The largest absolute Gasteiger partial charge is 0.369 e. The number of hydrogen-bond donors (Lipinski definition) is 4. The van der Waals surface area contributed by atoms with E-state index >= 15 is 0 Å². The first-order valence-corrected chi connectivity index (χ1v) is 21.5. The Balaban J connectivity index is 1.56. The van der Waals surface area contributed by atoms with Crippen LogP contribution in [0.25, 0.3) is 0 Å². The molecule has 2 saturated heterocycles. The smallest absolute Gasteiger partial charge is 0.246 e. The summed E-state index contributed by atoms with van der Waals surface area (Å²) in [4.78, 5) is 93.6. The minimum absolute atomic E-state index is 0.188. The molecule has 14 nitrogen and oxygen atoms in total. The number of thioether (sulfide) groups is 1. The lowest BCUT2D eigenvalue weighted by molar-refractivity contribution is -0.143. The average Bonchev–Trinajstić information content (AvgIpc) is 4.01. The maximum atomic E-state index is 14.6. The Morgan fingerprint density at radius 2 is 1.40 bits per heavy atom. The Bertz CT molecular complexity index is 1690. The summed E-state index contributed by atoms with van der Waals surface area (Å²) in [6.45, 7) is 15.5. The van der Waals surface area contributed by atoms with E-state index in [0.717, 1.165) is 5.56 Å². The molecule has 2 bridgehead atoms. The molecule has 312 valence electrons. The van der Waals surface area contributed by atoms with Crippen molar-refractivity contribution in [3.05, 3.63) is 48.6 Å². The normalized spacial score (nSPS) is 29.2. The molecule has 2 fully saturated rings. The number of nitrogens with zero attached hydrogens (tertiary/aromatic N) is 3. The highest BCUT2D eigenvalue weighted by atomic mass is 32.2. The van der Waals surface area contributed by atoms with Crippen molar-refractivity contribution >= 4 is 52.2 Å². The number of carbonyl (C=O) groups excluding carboxylic acids is 6. The van der Waals surface area contributed by atoms with Crippen LogP contribution in [0.5, 0.6) is 0 Å². The summed E-state index contributed by atoms with van der Waals surface area (Å²) < 4.78 is 6.08. The number of ether oxygens (including phenoxy) is 1. The Hall–Kier alpha value is -4.24. The summed E-state index contributed by atoms with van der Waals surface area (Å²) >= 11 is 1.43. The number of fused-ring (bicyclic) bond motifs is 4. The van der Waals surface area contributed by atoms with Crippen molar-refractivity contribution in [2.45, 2.75) is 134 Å². The van der Waals surface area contributed by atoms with Crippen molar-refractivity contribution in [1.29, 1.82) is 0 Å². The van der Waals surface area contributed by atoms with E-state index in [-0.39, 0.29) is 48.6 Å². The Morgan fingerprint density at radius 1 is 0.807 bits per heavy atom. The first-order chi connectivity index (χ1) is 27.2. The van der Waals surface area contributed by atoms with Crippen molar-refractivity contribution < 1.29 is 33.5 Å². The molecule has 57 heavy (non-hydrogen) atoms. The number of rotatable bonds is 10. The molecule has 0 spiro atoms. The van der Waals surface area contributed by atoms with Gasteiger partial charge in [-0.15, -0.1) is 18.3 Å². The molecular weight excluding hydrogens is 747 g/mol. The number of hydrogen-bond acceptors (Lipinski definition) is 9. The van der Waals surface area contributed by atoms with Gasteiger partial charge in [0.15, 0.2) is 0 Å². The van der Waals surface area contributed by atoms with Crippen LogP contribution in [0.15, 0.2) is 48.0 Å². The van der Waals surface area contributed by atoms with Crippen LogP contribution in [0.1, 0.15) is 85.6 Å². The fourth-order valence-corrected chi connectivity index (χ4v) is 8.88. The van der Waals surface area contributed by atoms with Gasteiger partial charge >= 0.3 is 0 Å². The molecule has 1 aromatic rings. The fraction of sp³-hybridized carbons (Fsp3) is 0.643. The van der Waals surface area contributed by atoms with Crippen LogP contribution in [0.4, 0.5) is 0 Å². The third kappa shape index (κ3) is 10.6. The summed E-state index contributed by atoms with van der Waals surface area (Å²) in [7, 11) is 0. The van der Waals surface area contributed by atoms with Crippen LogP contribution >= 0.6 is 11.8 Å². The van der Waals surface area contributed by atoms with Crippen molar-refractivity contribution in [3.63, 3.8) is 0 Å². The topological polar surface area (TPSA) is 179 Å². The quantitative estimate of drug-likeness (QED) is 0.261. The first-order valence-electron chi connectivity index (χ1n) is 20.5. The molecule has 4 aliphatic heterocycles. The summed E-state index contributed by atoms with van der Waals surface area (Å²) in [5.41, 5.74) is -0.0177. The van der Waals surface area contributed by atoms with E-state index in [1.165, 1.54) is 16.7 Å². The molecule has 0 radical (unpaired) electrons. The number of nitrogens with one attached hydrogen (secondary N) is 4. The van der Waals surface area contributed by atoms with E-state index in [1.54, 1.807) is 24.8 Å². The van der Waals surface area contributed by atoms with E-state index in [4.69, 9.17) is 9.73 Å². The van der Waals surface area contributed by atoms with Gasteiger partial charge in [-0.25, -0.2) is 0 Å². The lowest BCUT2D eigenvalue weighted by Gasteiger charge is -2.33. The highest BCUT2D eigenvalue weighted by molar-refractivity contribution is 8.14. The molecule has 6 amide bonds. The van der Waals surface area contributed by atoms with Crippen molar-refractivity contribution in [3.8, 4) is 0 Å². The SMILES string of the molecule is C=CC(C)(C)OC[C@@H]1NC(=O)[C@H](C(C)CC)NC(=O)[C@@H]2CCCN2C(=O)[C@H](C(C)CC)NC(=O)[C@@H]2CSC(=N2)[C@@H]2CCCN2C(=O)[C@H](Cc2ccccc2)NC1=O. The third-order valence-electron chi connectivity index (χ3n) is 11.8. The molecule has 0 aliphatic carbocycles. The van der Waals surface area contributed by atoms with E-state index in [1.807, 2.05) is 58.0 Å². The fourth-order valence-electron chi connectivity index (χ4n) is 7.69. The van der Waals surface area contributed by atoms with Crippen LogP contribution in [-0.2, 0) is 39.9 Å². The zero-order valence-corrected chi connectivity index (χ0v) is 35.1. The molecule has 2 unspecified atom stereocenters. The van der Waals surface area contributed by atoms with Crippen molar-refractivity contribution in [2.24, 2.45) is 16.8 Å². The molecule has 0 aromatic heterocycles. The average molecular weight is 808 g/mol. The minimum atomic E-state index is -1.25. The molecule has 1 aromatic carbocycles. The van der Waals surface area contributed by atoms with E-state index in [0.29, 0.717) is 62.4 Å². The second-order valence-corrected chi connectivity index (χ2v) is 17.4. The summed E-state index contributed by atoms with van der Waals surface area (Å²) in [5, 5.41) is 12.4. The van der Waals surface area contributed by atoms with Gasteiger partial charge in [0.25, 0.3) is 0 Å². The van der Waals surface area contributed by atoms with E-state index in [2.05, 4.69) is 27.8 Å². The monoisotopic (exact) mass is 807 g/mol. The standard InChI is InChI=1S/C42H61N7O7S/c1-8-25(4)33-38(53)44-29(23-56-42(6,7)10-3)35(50)43-28(22-27-16-12-11-13-17-27)40(54)49-21-15-19-32(49)39-45-30(24-57-39)36(51)47-34(26(5)9-2)41(55)48-20-14-18-31(48)37(52)46-33/h10-13,16-17,25-26,28-34H,3,8-9,14-15,18-24H2,1-2,4-7H3,(H,43,50)(H,44,53)(H,46,52)(H,47,51)/t25?,26?,28-,29-,30-,31-,32-,33-,34-/m0/s1. The van der Waals surface area contributed by atoms with Crippen LogP contribution < -0.4 is 21.3 Å². The number of carbonyl (C=O) groups is 6. The Kier molecular flexibility index (Phi) is 15.0. The molecule has 9 atom stereocenters. The zero-order chi connectivity index (χ0) is 41.4. The predicted molar refractivity (Wildman–Crippen MR) is 220 cm³/mol. The maximum absolute atomic E-state index is 14.6. The second-order valence-electron chi connectivity index (χ2n) is 16.3. The van der Waals surface area contributed by atoms with E-state index in [9.17, 15) is 28.8 Å². The minimum Gasteiger partial charge on any atom is -0.369 e. The lowest BCUT2D eigenvalue weighted by atomic mass is 9.96. The van der Waals surface area contributed by atoms with Gasteiger partial charge < -0.3 is 35.8 Å². The van der Waals surface area contributed by atoms with Crippen LogP contribution in [-0.4, -0.2) is 124 Å². The molecular formula is C42H61N7O7S. The van der Waals surface area contributed by atoms with Crippen molar-refractivity contribution in [2.75, 3.05) is 25.4 Å². The molecule has 4 N–H and O–H groups in total. The summed E-state index contributed by atoms with van der Waals surface area (Å²) in [6.07, 6.45) is 5.25. The van der Waals surface area contributed by atoms with Crippen LogP contribution in [0, 0.1) is 11.8 Å². The summed E-state index contributed by atoms with van der Waals surface area (Å²) in [5.74, 6) is -2.96. The highest BCUT2D eigenvalue weighted by Crippen LogP contribution is 2.31. The van der Waals surface area contributed by atoms with Crippen LogP contribution in [0.2, 0.25) is 0 Å².